The fraction of sp³-hybridized carbons (Fsp3) is 0.636. The summed E-state index contributed by atoms with van der Waals surface area (Å²) in [4.78, 5) is 2.17. The van der Waals surface area contributed by atoms with E-state index in [0.29, 0.717) is 23.2 Å². The van der Waals surface area contributed by atoms with Crippen LogP contribution in [-0.4, -0.2) is 50.3 Å². The first-order chi connectivity index (χ1) is 8.45. The predicted molar refractivity (Wildman–Crippen MR) is 74.7 cm³/mol. The maximum Gasteiger partial charge on any atom is 0.252 e. The Hall–Kier alpha value is -0.140. The van der Waals surface area contributed by atoms with Gasteiger partial charge in [-0.3, -0.25) is 0 Å². The van der Waals surface area contributed by atoms with E-state index in [1.165, 1.54) is 11.3 Å². The van der Waals surface area contributed by atoms with Crippen LogP contribution in [0.25, 0.3) is 0 Å². The average molecular weight is 309 g/mol. The minimum absolute atomic E-state index is 0.251. The molecule has 1 unspecified atom stereocenters. The lowest BCUT2D eigenvalue weighted by atomic mass is 10.2. The van der Waals surface area contributed by atoms with Crippen molar-refractivity contribution in [3.8, 4) is 0 Å². The van der Waals surface area contributed by atoms with Crippen LogP contribution in [0, 0.1) is 0 Å². The van der Waals surface area contributed by atoms with Gasteiger partial charge in [0.15, 0.2) is 0 Å². The van der Waals surface area contributed by atoms with Gasteiger partial charge in [-0.15, -0.1) is 22.9 Å². The van der Waals surface area contributed by atoms with E-state index in [1.54, 1.807) is 15.8 Å². The largest absolute Gasteiger partial charge is 0.301 e. The molecule has 0 amide bonds. The van der Waals surface area contributed by atoms with Crippen LogP contribution in [0.2, 0.25) is 0 Å². The Bertz CT molecular complexity index is 515. The summed E-state index contributed by atoms with van der Waals surface area (Å²) in [5, 5.41) is 1.80. The molecule has 1 aromatic heterocycles. The molecule has 1 atom stereocenters. The summed E-state index contributed by atoms with van der Waals surface area (Å²) in [5.74, 6) is 0.352. The second kappa shape index (κ2) is 5.46. The summed E-state index contributed by atoms with van der Waals surface area (Å²) in [6.45, 7) is 3.92. The molecule has 0 radical (unpaired) electrons. The van der Waals surface area contributed by atoms with E-state index in [2.05, 4.69) is 4.90 Å². The Kier molecular flexibility index (Phi) is 4.33. The normalized spacial score (nSPS) is 23.4. The first-order valence-electron chi connectivity index (χ1n) is 5.79. The Morgan fingerprint density at radius 3 is 2.78 bits per heavy atom. The molecule has 0 aliphatic carbocycles. The van der Waals surface area contributed by atoms with Crippen molar-refractivity contribution in [3.63, 3.8) is 0 Å². The number of halogens is 1. The summed E-state index contributed by atoms with van der Waals surface area (Å²) in [5.41, 5.74) is 0.863. The molecular weight excluding hydrogens is 292 g/mol. The minimum Gasteiger partial charge on any atom is -0.301 e. The number of sulfonamides is 1. The Morgan fingerprint density at radius 1 is 1.50 bits per heavy atom. The fourth-order valence-corrected chi connectivity index (χ4v) is 5.04. The number of rotatable bonds is 3. The lowest BCUT2D eigenvalue weighted by Gasteiger charge is -2.36. The Labute approximate surface area is 117 Å². The number of thiophene rings is 1. The molecule has 4 nitrogen and oxygen atoms in total. The van der Waals surface area contributed by atoms with E-state index >= 15 is 0 Å². The van der Waals surface area contributed by atoms with Gasteiger partial charge in [-0.05, 0) is 31.0 Å². The van der Waals surface area contributed by atoms with Crippen molar-refractivity contribution < 1.29 is 8.42 Å². The van der Waals surface area contributed by atoms with Gasteiger partial charge in [0, 0.05) is 31.6 Å². The summed E-state index contributed by atoms with van der Waals surface area (Å²) < 4.78 is 26.9. The standard InChI is InChI=1S/C11H17ClN2O2S2/c1-9-7-14(4-3-13(9)2)18(15,16)11-5-10(6-12)8-17-11/h5,8-9H,3-4,6-7H2,1-2H3. The van der Waals surface area contributed by atoms with Gasteiger partial charge in [-0.1, -0.05) is 0 Å². The third-order valence-electron chi connectivity index (χ3n) is 3.30. The number of likely N-dealkylation sites (N-methyl/N-ethyl adjacent to an activating group) is 1. The zero-order valence-electron chi connectivity index (χ0n) is 10.5. The lowest BCUT2D eigenvalue weighted by Crippen LogP contribution is -2.51. The third kappa shape index (κ3) is 2.72. The van der Waals surface area contributed by atoms with Crippen LogP contribution in [0.15, 0.2) is 15.7 Å². The van der Waals surface area contributed by atoms with E-state index in [-0.39, 0.29) is 6.04 Å². The van der Waals surface area contributed by atoms with Gasteiger partial charge in [0.25, 0.3) is 10.0 Å². The number of alkyl halides is 1. The van der Waals surface area contributed by atoms with Gasteiger partial charge in [0.2, 0.25) is 0 Å². The van der Waals surface area contributed by atoms with Crippen molar-refractivity contribution in [1.82, 2.24) is 9.21 Å². The number of hydrogen-bond acceptors (Lipinski definition) is 4. The summed E-state index contributed by atoms with van der Waals surface area (Å²) in [6.07, 6.45) is 0. The second-order valence-electron chi connectivity index (χ2n) is 4.60. The molecule has 7 heteroatoms. The molecule has 0 aromatic carbocycles. The van der Waals surface area contributed by atoms with Gasteiger partial charge in [-0.25, -0.2) is 8.42 Å². The van der Waals surface area contributed by atoms with Gasteiger partial charge in [0.1, 0.15) is 4.21 Å². The van der Waals surface area contributed by atoms with Crippen LogP contribution < -0.4 is 0 Å². The van der Waals surface area contributed by atoms with Crippen molar-refractivity contribution in [2.24, 2.45) is 0 Å². The smallest absolute Gasteiger partial charge is 0.252 e. The maximum absolute atomic E-state index is 12.4. The molecule has 1 aliphatic rings. The van der Waals surface area contributed by atoms with Gasteiger partial charge in [-0.2, -0.15) is 4.31 Å². The highest BCUT2D eigenvalue weighted by Crippen LogP contribution is 2.26. The van der Waals surface area contributed by atoms with Crippen LogP contribution >= 0.6 is 22.9 Å². The van der Waals surface area contributed by atoms with Gasteiger partial charge >= 0.3 is 0 Å². The first kappa shape index (κ1) is 14.3. The number of hydrogen-bond donors (Lipinski definition) is 0. The van der Waals surface area contributed by atoms with Gasteiger partial charge in [0.05, 0.1) is 0 Å². The summed E-state index contributed by atoms with van der Waals surface area (Å²) in [6, 6.07) is 1.93. The highest BCUT2D eigenvalue weighted by atomic mass is 35.5. The lowest BCUT2D eigenvalue weighted by molar-refractivity contribution is 0.160. The highest BCUT2D eigenvalue weighted by Gasteiger charge is 2.31. The molecule has 0 spiro atoms. The molecule has 1 aromatic rings. The zero-order chi connectivity index (χ0) is 13.3. The molecule has 2 rings (SSSR count). The van der Waals surface area contributed by atoms with E-state index in [0.717, 1.165) is 12.1 Å². The third-order valence-corrected chi connectivity index (χ3v) is 6.94. The molecule has 1 fully saturated rings. The first-order valence-corrected chi connectivity index (χ1v) is 8.64. The molecule has 102 valence electrons. The van der Waals surface area contributed by atoms with Gasteiger partial charge < -0.3 is 4.90 Å². The molecular formula is C11H17ClN2O2S2. The van der Waals surface area contributed by atoms with Crippen LogP contribution in [-0.2, 0) is 15.9 Å². The van der Waals surface area contributed by atoms with Crippen LogP contribution in [0.5, 0.6) is 0 Å². The van der Waals surface area contributed by atoms with Crippen LogP contribution in [0.3, 0.4) is 0 Å². The van der Waals surface area contributed by atoms with Crippen LogP contribution in [0.1, 0.15) is 12.5 Å². The zero-order valence-corrected chi connectivity index (χ0v) is 12.9. The monoisotopic (exact) mass is 308 g/mol. The van der Waals surface area contributed by atoms with E-state index < -0.39 is 10.0 Å². The predicted octanol–water partition coefficient (Wildman–Crippen LogP) is 1.81. The topological polar surface area (TPSA) is 40.6 Å². The van der Waals surface area contributed by atoms with Crippen molar-refractivity contribution in [2.75, 3.05) is 26.7 Å². The Morgan fingerprint density at radius 2 is 2.22 bits per heavy atom. The SMILES string of the molecule is CC1CN(S(=O)(=O)c2cc(CCl)cs2)CCN1C. The van der Waals surface area contributed by atoms with E-state index in [1.807, 2.05) is 14.0 Å². The Balaban J connectivity index is 2.21. The highest BCUT2D eigenvalue weighted by molar-refractivity contribution is 7.91. The maximum atomic E-state index is 12.4. The molecule has 1 aliphatic heterocycles. The number of nitrogens with zero attached hydrogens (tertiary/aromatic N) is 2. The quantitative estimate of drug-likeness (QED) is 0.800. The molecule has 0 saturated carbocycles. The number of piperazine rings is 1. The van der Waals surface area contributed by atoms with E-state index in [9.17, 15) is 8.42 Å². The van der Waals surface area contributed by atoms with Crippen molar-refractivity contribution in [1.29, 1.82) is 0 Å². The summed E-state index contributed by atoms with van der Waals surface area (Å²) >= 11 is 6.96. The van der Waals surface area contributed by atoms with E-state index in [4.69, 9.17) is 11.6 Å². The minimum atomic E-state index is -3.34. The van der Waals surface area contributed by atoms with Crippen LogP contribution in [0.4, 0.5) is 0 Å². The molecule has 2 heterocycles. The van der Waals surface area contributed by atoms with Crippen molar-refractivity contribution in [2.45, 2.75) is 23.1 Å². The van der Waals surface area contributed by atoms with Crippen molar-refractivity contribution in [3.05, 3.63) is 17.0 Å². The van der Waals surface area contributed by atoms with Crippen molar-refractivity contribution >= 4 is 33.0 Å². The fourth-order valence-electron chi connectivity index (χ4n) is 1.92. The molecule has 0 bridgehead atoms. The second-order valence-corrected chi connectivity index (χ2v) is 7.94. The summed E-state index contributed by atoms with van der Waals surface area (Å²) in [7, 11) is -1.32. The molecule has 1 saturated heterocycles. The molecule has 0 N–H and O–H groups in total. The average Bonchev–Trinajstić information content (AvgIpc) is 2.81. The molecule has 18 heavy (non-hydrogen) atoms.